The predicted octanol–water partition coefficient (Wildman–Crippen LogP) is 4.05. The molecule has 0 fully saturated rings. The minimum absolute atomic E-state index is 0.0893. The first-order valence-electron chi connectivity index (χ1n) is 9.61. The van der Waals surface area contributed by atoms with Gasteiger partial charge in [0.15, 0.2) is 0 Å². The highest BCUT2D eigenvalue weighted by Crippen LogP contribution is 2.29. The molecule has 1 aliphatic rings. The Balaban J connectivity index is 2.99. The molecule has 0 heterocycles. The standard InChI is InChI=1S/C20H34N2O4/c1-7-26-20(23)10-16(6)17-8-9-18(19(11-17)22(24)25)21(12-14(2)3)13-15(4)5/h8,11,14-16,18H,7,9-10,12-13H2,1-6H3. The van der Waals surface area contributed by atoms with Crippen LogP contribution in [0.4, 0.5) is 0 Å². The van der Waals surface area contributed by atoms with Gasteiger partial charge in [0.25, 0.3) is 5.70 Å². The molecule has 0 aromatic rings. The molecule has 0 saturated heterocycles. The predicted molar refractivity (Wildman–Crippen MR) is 103 cm³/mol. The molecule has 6 nitrogen and oxygen atoms in total. The molecule has 0 N–H and O–H groups in total. The minimum atomic E-state index is -0.264. The molecular formula is C20H34N2O4. The van der Waals surface area contributed by atoms with Crippen LogP contribution in [0.5, 0.6) is 0 Å². The van der Waals surface area contributed by atoms with Gasteiger partial charge in [-0.05, 0) is 36.7 Å². The topological polar surface area (TPSA) is 72.7 Å². The van der Waals surface area contributed by atoms with Gasteiger partial charge in [-0.25, -0.2) is 0 Å². The largest absolute Gasteiger partial charge is 0.466 e. The van der Waals surface area contributed by atoms with E-state index < -0.39 is 0 Å². The summed E-state index contributed by atoms with van der Waals surface area (Å²) in [5.74, 6) is 0.527. The number of ether oxygens (including phenoxy) is 1. The number of esters is 1. The Morgan fingerprint density at radius 3 is 2.31 bits per heavy atom. The van der Waals surface area contributed by atoms with Crippen molar-refractivity contribution in [2.45, 2.75) is 60.4 Å². The molecule has 0 aliphatic heterocycles. The van der Waals surface area contributed by atoms with Gasteiger partial charge in [0, 0.05) is 19.2 Å². The van der Waals surface area contributed by atoms with Gasteiger partial charge in [0.1, 0.15) is 6.04 Å². The fourth-order valence-corrected chi connectivity index (χ4v) is 3.40. The maximum atomic E-state index is 11.7. The normalized spacial score (nSPS) is 18.7. The van der Waals surface area contributed by atoms with E-state index in [9.17, 15) is 14.9 Å². The van der Waals surface area contributed by atoms with Crippen molar-refractivity contribution in [3.63, 3.8) is 0 Å². The lowest BCUT2D eigenvalue weighted by molar-refractivity contribution is -0.433. The van der Waals surface area contributed by atoms with Crippen molar-refractivity contribution in [2.75, 3.05) is 19.7 Å². The van der Waals surface area contributed by atoms with Crippen LogP contribution in [0.25, 0.3) is 0 Å². The Kier molecular flexibility index (Phi) is 8.99. The Morgan fingerprint density at radius 2 is 1.85 bits per heavy atom. The van der Waals surface area contributed by atoms with E-state index in [1.54, 1.807) is 13.0 Å². The summed E-state index contributed by atoms with van der Waals surface area (Å²) in [5.41, 5.74) is 1.09. The van der Waals surface area contributed by atoms with Crippen molar-refractivity contribution < 1.29 is 14.5 Å². The van der Waals surface area contributed by atoms with Crippen LogP contribution in [0.1, 0.15) is 54.4 Å². The molecule has 1 rings (SSSR count). The lowest BCUT2D eigenvalue weighted by Crippen LogP contribution is -2.43. The summed E-state index contributed by atoms with van der Waals surface area (Å²) in [6.45, 7) is 14.2. The second-order valence-corrected chi connectivity index (χ2v) is 7.93. The first-order valence-corrected chi connectivity index (χ1v) is 9.61. The third kappa shape index (κ3) is 6.90. The van der Waals surface area contributed by atoms with E-state index in [0.29, 0.717) is 24.9 Å². The molecule has 0 bridgehead atoms. The Hall–Kier alpha value is -1.69. The molecule has 148 valence electrons. The van der Waals surface area contributed by atoms with E-state index in [-0.39, 0.29) is 35.0 Å². The van der Waals surface area contributed by atoms with Crippen LogP contribution >= 0.6 is 0 Å². The molecule has 1 aliphatic carbocycles. The maximum Gasteiger partial charge on any atom is 0.306 e. The van der Waals surface area contributed by atoms with Crippen LogP contribution in [0, 0.1) is 27.9 Å². The van der Waals surface area contributed by atoms with Crippen LogP contribution in [-0.4, -0.2) is 41.5 Å². The zero-order chi connectivity index (χ0) is 19.9. The molecule has 0 aromatic carbocycles. The molecule has 0 saturated carbocycles. The number of rotatable bonds is 10. The van der Waals surface area contributed by atoms with Crippen LogP contribution in [-0.2, 0) is 9.53 Å². The summed E-state index contributed by atoms with van der Waals surface area (Å²) in [5, 5.41) is 11.7. The molecule has 0 amide bonds. The maximum absolute atomic E-state index is 11.7. The van der Waals surface area contributed by atoms with Gasteiger partial charge < -0.3 is 4.74 Å². The van der Waals surface area contributed by atoms with Gasteiger partial charge >= 0.3 is 5.97 Å². The smallest absolute Gasteiger partial charge is 0.306 e. The quantitative estimate of drug-likeness (QED) is 0.331. The van der Waals surface area contributed by atoms with Crippen LogP contribution in [0.3, 0.4) is 0 Å². The van der Waals surface area contributed by atoms with Crippen LogP contribution < -0.4 is 0 Å². The van der Waals surface area contributed by atoms with E-state index in [0.717, 1.165) is 18.7 Å². The van der Waals surface area contributed by atoms with E-state index >= 15 is 0 Å². The third-order valence-electron chi connectivity index (χ3n) is 4.43. The van der Waals surface area contributed by atoms with Gasteiger partial charge in [0.05, 0.1) is 18.0 Å². The Morgan fingerprint density at radius 1 is 1.27 bits per heavy atom. The third-order valence-corrected chi connectivity index (χ3v) is 4.43. The van der Waals surface area contributed by atoms with Gasteiger partial charge in [-0.2, -0.15) is 0 Å². The average Bonchev–Trinajstić information content (AvgIpc) is 2.52. The first-order chi connectivity index (χ1) is 12.1. The highest BCUT2D eigenvalue weighted by atomic mass is 16.6. The average molecular weight is 367 g/mol. The molecule has 0 aromatic heterocycles. The van der Waals surface area contributed by atoms with Gasteiger partial charge in [-0.15, -0.1) is 0 Å². The minimum Gasteiger partial charge on any atom is -0.466 e. The van der Waals surface area contributed by atoms with Crippen molar-refractivity contribution in [1.82, 2.24) is 4.90 Å². The Labute approximate surface area is 157 Å². The second kappa shape index (κ2) is 10.5. The highest BCUT2D eigenvalue weighted by molar-refractivity contribution is 5.70. The first kappa shape index (κ1) is 22.4. The summed E-state index contributed by atoms with van der Waals surface area (Å²) in [4.78, 5) is 25.4. The fraction of sp³-hybridized carbons (Fsp3) is 0.750. The zero-order valence-corrected chi connectivity index (χ0v) is 17.0. The second-order valence-electron chi connectivity index (χ2n) is 7.93. The molecule has 2 unspecified atom stereocenters. The van der Waals surface area contributed by atoms with Gasteiger partial charge in [-0.3, -0.25) is 19.8 Å². The van der Waals surface area contributed by atoms with Gasteiger partial charge in [0.2, 0.25) is 0 Å². The number of nitro groups is 1. The van der Waals surface area contributed by atoms with Crippen molar-refractivity contribution in [3.8, 4) is 0 Å². The number of allylic oxidation sites excluding steroid dienone is 2. The number of carbonyl (C=O) groups is 1. The van der Waals surface area contributed by atoms with E-state index in [1.165, 1.54) is 0 Å². The van der Waals surface area contributed by atoms with Crippen molar-refractivity contribution in [2.24, 2.45) is 17.8 Å². The van der Waals surface area contributed by atoms with E-state index in [1.807, 2.05) is 6.92 Å². The summed E-state index contributed by atoms with van der Waals surface area (Å²) in [7, 11) is 0. The summed E-state index contributed by atoms with van der Waals surface area (Å²) < 4.78 is 5.00. The molecule has 0 radical (unpaired) electrons. The number of hydrogen-bond donors (Lipinski definition) is 0. The lowest BCUT2D eigenvalue weighted by atomic mass is 9.89. The molecule has 0 spiro atoms. The molecule has 26 heavy (non-hydrogen) atoms. The molecular weight excluding hydrogens is 332 g/mol. The number of nitrogens with zero attached hydrogens (tertiary/aromatic N) is 2. The van der Waals surface area contributed by atoms with Crippen LogP contribution in [0.2, 0.25) is 0 Å². The van der Waals surface area contributed by atoms with Crippen molar-refractivity contribution >= 4 is 5.97 Å². The number of carbonyl (C=O) groups excluding carboxylic acids is 1. The summed E-state index contributed by atoms with van der Waals surface area (Å²) in [6.07, 6.45) is 4.57. The van der Waals surface area contributed by atoms with Crippen LogP contribution in [0.15, 0.2) is 23.4 Å². The lowest BCUT2D eigenvalue weighted by Gasteiger charge is -2.34. The SMILES string of the molecule is CCOC(=O)CC(C)C1=CCC(N(CC(C)C)CC(C)C)C([N+](=O)[O-])=C1. The Bertz CT molecular complexity index is 542. The monoisotopic (exact) mass is 366 g/mol. The van der Waals surface area contributed by atoms with E-state index in [4.69, 9.17) is 4.74 Å². The highest BCUT2D eigenvalue weighted by Gasteiger charge is 2.34. The van der Waals surface area contributed by atoms with E-state index in [2.05, 4.69) is 38.7 Å². The molecule has 6 heteroatoms. The van der Waals surface area contributed by atoms with Gasteiger partial charge in [-0.1, -0.05) is 40.7 Å². The van der Waals surface area contributed by atoms with Crippen molar-refractivity contribution in [1.29, 1.82) is 0 Å². The zero-order valence-electron chi connectivity index (χ0n) is 17.0. The fourth-order valence-electron chi connectivity index (χ4n) is 3.40. The molecule has 2 atom stereocenters. The van der Waals surface area contributed by atoms with Crippen molar-refractivity contribution in [3.05, 3.63) is 33.5 Å². The summed E-state index contributed by atoms with van der Waals surface area (Å²) >= 11 is 0. The summed E-state index contributed by atoms with van der Waals surface area (Å²) in [6, 6.07) is -0.214. The number of hydrogen-bond acceptors (Lipinski definition) is 5.